The van der Waals surface area contributed by atoms with Gasteiger partial charge in [0.25, 0.3) is 5.89 Å². The first-order valence-electron chi connectivity index (χ1n) is 8.57. The number of benzene rings is 1. The molecule has 0 bridgehead atoms. The minimum atomic E-state index is 0.523. The fraction of sp³-hybridized carbons (Fsp3) is 0.350. The van der Waals surface area contributed by atoms with E-state index < -0.39 is 0 Å². The molecule has 24 heavy (non-hydrogen) atoms. The number of rotatable bonds is 5. The molecule has 0 aliphatic heterocycles. The molecule has 3 aromatic rings. The number of aromatic nitrogens is 3. The molecule has 124 valence electrons. The molecular formula is C20H23N3O. The molecule has 0 atom stereocenters. The van der Waals surface area contributed by atoms with Gasteiger partial charge in [-0.05, 0) is 55.5 Å². The van der Waals surface area contributed by atoms with Crippen molar-refractivity contribution in [2.75, 3.05) is 0 Å². The summed E-state index contributed by atoms with van der Waals surface area (Å²) in [7, 11) is 0. The zero-order valence-electron chi connectivity index (χ0n) is 14.8. The van der Waals surface area contributed by atoms with E-state index in [-0.39, 0.29) is 0 Å². The molecule has 4 nitrogen and oxygen atoms in total. The SMILES string of the molecule is CCc1cc(C)cc(-c2noc(-c3cnc(CC)c(CC)c3)n2)c1. The van der Waals surface area contributed by atoms with Crippen molar-refractivity contribution < 1.29 is 4.52 Å². The molecule has 3 rings (SSSR count). The molecule has 2 heterocycles. The maximum atomic E-state index is 5.49. The van der Waals surface area contributed by atoms with Crippen LogP contribution < -0.4 is 0 Å². The van der Waals surface area contributed by atoms with Crippen LogP contribution in [0.5, 0.6) is 0 Å². The number of hydrogen-bond acceptors (Lipinski definition) is 4. The van der Waals surface area contributed by atoms with Crippen LogP contribution in [0, 0.1) is 6.92 Å². The summed E-state index contributed by atoms with van der Waals surface area (Å²) in [5.41, 5.74) is 6.73. The van der Waals surface area contributed by atoms with Crippen LogP contribution in [-0.2, 0) is 19.3 Å². The minimum Gasteiger partial charge on any atom is -0.334 e. The molecule has 0 aliphatic carbocycles. The Morgan fingerprint density at radius 2 is 1.75 bits per heavy atom. The Morgan fingerprint density at radius 1 is 0.917 bits per heavy atom. The van der Waals surface area contributed by atoms with Gasteiger partial charge in [0.05, 0.1) is 5.56 Å². The maximum absolute atomic E-state index is 5.49. The first kappa shape index (κ1) is 16.4. The van der Waals surface area contributed by atoms with E-state index in [0.29, 0.717) is 11.7 Å². The highest BCUT2D eigenvalue weighted by atomic mass is 16.5. The van der Waals surface area contributed by atoms with Crippen LogP contribution in [0.4, 0.5) is 0 Å². The van der Waals surface area contributed by atoms with Gasteiger partial charge in [0.15, 0.2) is 0 Å². The number of pyridine rings is 1. The van der Waals surface area contributed by atoms with Crippen molar-refractivity contribution in [3.8, 4) is 22.8 Å². The molecule has 1 aromatic carbocycles. The van der Waals surface area contributed by atoms with Gasteiger partial charge in [-0.1, -0.05) is 37.6 Å². The van der Waals surface area contributed by atoms with Crippen molar-refractivity contribution in [2.45, 2.75) is 47.0 Å². The van der Waals surface area contributed by atoms with Crippen molar-refractivity contribution in [1.29, 1.82) is 0 Å². The lowest BCUT2D eigenvalue weighted by molar-refractivity contribution is 0.432. The average Bonchev–Trinajstić information content (AvgIpc) is 3.10. The van der Waals surface area contributed by atoms with Crippen molar-refractivity contribution >= 4 is 0 Å². The van der Waals surface area contributed by atoms with Crippen LogP contribution in [0.3, 0.4) is 0 Å². The van der Waals surface area contributed by atoms with E-state index in [1.165, 1.54) is 16.7 Å². The summed E-state index contributed by atoms with van der Waals surface area (Å²) in [4.78, 5) is 9.12. The second-order valence-electron chi connectivity index (χ2n) is 6.02. The predicted molar refractivity (Wildman–Crippen MR) is 95.8 cm³/mol. The molecule has 0 amide bonds. The summed E-state index contributed by atoms with van der Waals surface area (Å²) in [5, 5.41) is 4.16. The Kier molecular flexibility index (Phi) is 4.74. The smallest absolute Gasteiger partial charge is 0.259 e. The number of aryl methyl sites for hydroxylation is 4. The molecule has 0 aliphatic rings. The molecule has 0 N–H and O–H groups in total. The first-order chi connectivity index (χ1) is 11.6. The maximum Gasteiger partial charge on any atom is 0.259 e. The molecule has 0 radical (unpaired) electrons. The van der Waals surface area contributed by atoms with Gasteiger partial charge >= 0.3 is 0 Å². The van der Waals surface area contributed by atoms with E-state index in [4.69, 9.17) is 4.52 Å². The monoisotopic (exact) mass is 321 g/mol. The Labute approximate surface area is 143 Å². The molecule has 4 heteroatoms. The minimum absolute atomic E-state index is 0.523. The summed E-state index contributed by atoms with van der Waals surface area (Å²) < 4.78 is 5.49. The van der Waals surface area contributed by atoms with Gasteiger partial charge in [0, 0.05) is 17.5 Å². The summed E-state index contributed by atoms with van der Waals surface area (Å²) in [5.74, 6) is 1.15. The summed E-state index contributed by atoms with van der Waals surface area (Å²) in [6.45, 7) is 8.49. The van der Waals surface area contributed by atoms with E-state index in [0.717, 1.165) is 36.1 Å². The van der Waals surface area contributed by atoms with Crippen LogP contribution in [-0.4, -0.2) is 15.1 Å². The quantitative estimate of drug-likeness (QED) is 0.677. The van der Waals surface area contributed by atoms with Crippen LogP contribution in [0.15, 0.2) is 35.0 Å². The lowest BCUT2D eigenvalue weighted by Crippen LogP contribution is -1.96. The second-order valence-corrected chi connectivity index (χ2v) is 6.02. The van der Waals surface area contributed by atoms with Gasteiger partial charge in [0.1, 0.15) is 0 Å². The lowest BCUT2D eigenvalue weighted by Gasteiger charge is -2.05. The zero-order valence-corrected chi connectivity index (χ0v) is 14.8. The molecule has 0 saturated heterocycles. The van der Waals surface area contributed by atoms with Gasteiger partial charge in [-0.3, -0.25) is 4.98 Å². The molecule has 0 spiro atoms. The molecule has 0 saturated carbocycles. The number of hydrogen-bond donors (Lipinski definition) is 0. The van der Waals surface area contributed by atoms with Crippen LogP contribution in [0.1, 0.15) is 43.2 Å². The normalized spacial score (nSPS) is 11.0. The van der Waals surface area contributed by atoms with E-state index >= 15 is 0 Å². The van der Waals surface area contributed by atoms with Crippen molar-refractivity contribution in [3.63, 3.8) is 0 Å². The third-order valence-corrected chi connectivity index (χ3v) is 4.25. The Morgan fingerprint density at radius 3 is 2.46 bits per heavy atom. The molecule has 0 fully saturated rings. The molecule has 0 unspecified atom stereocenters. The fourth-order valence-corrected chi connectivity index (χ4v) is 2.93. The topological polar surface area (TPSA) is 51.8 Å². The highest BCUT2D eigenvalue weighted by Crippen LogP contribution is 2.25. The van der Waals surface area contributed by atoms with Gasteiger partial charge in [0.2, 0.25) is 5.82 Å². The largest absolute Gasteiger partial charge is 0.334 e. The van der Waals surface area contributed by atoms with Crippen LogP contribution in [0.25, 0.3) is 22.8 Å². The number of nitrogens with zero attached hydrogens (tertiary/aromatic N) is 3. The second kappa shape index (κ2) is 6.95. The third-order valence-electron chi connectivity index (χ3n) is 4.25. The van der Waals surface area contributed by atoms with Gasteiger partial charge in [-0.25, -0.2) is 0 Å². The average molecular weight is 321 g/mol. The van der Waals surface area contributed by atoms with Crippen LogP contribution in [0.2, 0.25) is 0 Å². The van der Waals surface area contributed by atoms with E-state index in [9.17, 15) is 0 Å². The highest BCUT2D eigenvalue weighted by Gasteiger charge is 2.13. The summed E-state index contributed by atoms with van der Waals surface area (Å²) in [6.07, 6.45) is 4.69. The van der Waals surface area contributed by atoms with E-state index in [2.05, 4.69) is 67.1 Å². The Hall–Kier alpha value is -2.49. The molecule has 2 aromatic heterocycles. The van der Waals surface area contributed by atoms with E-state index in [1.54, 1.807) is 0 Å². The Bertz CT molecular complexity index is 852. The zero-order chi connectivity index (χ0) is 17.1. The summed E-state index contributed by atoms with van der Waals surface area (Å²) in [6, 6.07) is 8.50. The highest BCUT2D eigenvalue weighted by molar-refractivity contribution is 5.61. The van der Waals surface area contributed by atoms with Gasteiger partial charge < -0.3 is 4.52 Å². The van der Waals surface area contributed by atoms with Gasteiger partial charge in [-0.2, -0.15) is 4.98 Å². The fourth-order valence-electron chi connectivity index (χ4n) is 2.93. The molecular weight excluding hydrogens is 298 g/mol. The van der Waals surface area contributed by atoms with E-state index in [1.807, 2.05) is 6.20 Å². The lowest BCUT2D eigenvalue weighted by atomic mass is 10.0. The predicted octanol–water partition coefficient (Wildman–Crippen LogP) is 4.79. The summed E-state index contributed by atoms with van der Waals surface area (Å²) >= 11 is 0. The first-order valence-corrected chi connectivity index (χ1v) is 8.57. The van der Waals surface area contributed by atoms with Crippen molar-refractivity contribution in [1.82, 2.24) is 15.1 Å². The van der Waals surface area contributed by atoms with Crippen molar-refractivity contribution in [2.24, 2.45) is 0 Å². The Balaban J connectivity index is 1.98. The third kappa shape index (κ3) is 3.23. The van der Waals surface area contributed by atoms with Gasteiger partial charge in [-0.15, -0.1) is 0 Å². The standard InChI is InChI=1S/C20H23N3O/c1-5-14-8-13(4)9-16(10-14)19-22-20(24-23-19)17-11-15(6-2)18(7-3)21-12-17/h8-12H,5-7H2,1-4H3. The van der Waals surface area contributed by atoms with Crippen molar-refractivity contribution in [3.05, 3.63) is 52.8 Å². The van der Waals surface area contributed by atoms with Crippen LogP contribution >= 0.6 is 0 Å².